The molecule has 0 saturated heterocycles. The maximum absolute atomic E-state index is 9.74. The smallest absolute Gasteiger partial charge is 0.122 e. The second kappa shape index (κ2) is 10.3. The van der Waals surface area contributed by atoms with E-state index in [0.29, 0.717) is 6.29 Å². The molecule has 12 heavy (non-hydrogen) atoms. The number of carbonyl (C=O) groups is 2. The van der Waals surface area contributed by atoms with Crippen LogP contribution in [0.25, 0.3) is 0 Å². The molecule has 0 aromatic rings. The quantitative estimate of drug-likeness (QED) is 0.651. The highest BCUT2D eigenvalue weighted by atomic mass is 16.3. The molecule has 0 aliphatic heterocycles. The molecule has 0 fully saturated rings. The standard InChI is InChI=1S/C5H10O.C4H8O2/c1-3-5(2)4-6;1-4(6)2-3-5/h4-5H,3H2,1-2H3;3-4,6H,2H2,1H3. The molecular weight excluding hydrogens is 156 g/mol. The topological polar surface area (TPSA) is 54.4 Å². The van der Waals surface area contributed by atoms with Crippen LogP contribution in [0.2, 0.25) is 0 Å². The number of aliphatic hydroxyl groups is 1. The number of hydrogen-bond acceptors (Lipinski definition) is 3. The average Bonchev–Trinajstić information content (AvgIpc) is 2.04. The first-order valence-electron chi connectivity index (χ1n) is 4.15. The average molecular weight is 174 g/mol. The lowest BCUT2D eigenvalue weighted by Gasteiger charge is -1.89. The van der Waals surface area contributed by atoms with Crippen molar-refractivity contribution in [2.45, 2.75) is 39.7 Å². The maximum atomic E-state index is 9.74. The molecule has 0 rings (SSSR count). The highest BCUT2D eigenvalue weighted by Gasteiger charge is 1.89. The van der Waals surface area contributed by atoms with Crippen LogP contribution in [0.5, 0.6) is 0 Å². The van der Waals surface area contributed by atoms with E-state index in [1.54, 1.807) is 6.92 Å². The van der Waals surface area contributed by atoms with Gasteiger partial charge < -0.3 is 14.7 Å². The van der Waals surface area contributed by atoms with E-state index >= 15 is 0 Å². The molecule has 0 aromatic carbocycles. The second-order valence-corrected chi connectivity index (χ2v) is 2.77. The van der Waals surface area contributed by atoms with Crippen molar-refractivity contribution in [3.63, 3.8) is 0 Å². The van der Waals surface area contributed by atoms with Crippen molar-refractivity contribution in [3.05, 3.63) is 0 Å². The van der Waals surface area contributed by atoms with Gasteiger partial charge in [0.1, 0.15) is 12.6 Å². The van der Waals surface area contributed by atoms with Crippen LogP contribution in [0.3, 0.4) is 0 Å². The summed E-state index contributed by atoms with van der Waals surface area (Å²) in [6, 6.07) is 0. The molecular formula is C9H18O3. The number of aldehydes is 2. The summed E-state index contributed by atoms with van der Waals surface area (Å²) in [6.07, 6.45) is 2.41. The van der Waals surface area contributed by atoms with Crippen LogP contribution in [0, 0.1) is 5.92 Å². The highest BCUT2D eigenvalue weighted by molar-refractivity contribution is 5.52. The third kappa shape index (κ3) is 16.1. The first kappa shape index (κ1) is 13.9. The fraction of sp³-hybridized carbons (Fsp3) is 0.778. The van der Waals surface area contributed by atoms with Crippen LogP contribution < -0.4 is 0 Å². The largest absolute Gasteiger partial charge is 0.393 e. The van der Waals surface area contributed by atoms with Gasteiger partial charge in [-0.3, -0.25) is 0 Å². The molecule has 0 radical (unpaired) electrons. The van der Waals surface area contributed by atoms with Crippen LogP contribution in [0.15, 0.2) is 0 Å². The Morgan fingerprint density at radius 2 is 1.83 bits per heavy atom. The normalized spacial score (nSPS) is 13.7. The summed E-state index contributed by atoms with van der Waals surface area (Å²) >= 11 is 0. The number of carbonyl (C=O) groups excluding carboxylic acids is 2. The molecule has 1 N–H and O–H groups in total. The Morgan fingerprint density at radius 3 is 1.83 bits per heavy atom. The van der Waals surface area contributed by atoms with Crippen molar-refractivity contribution in [3.8, 4) is 0 Å². The number of hydrogen-bond donors (Lipinski definition) is 1. The van der Waals surface area contributed by atoms with Crippen LogP contribution >= 0.6 is 0 Å². The summed E-state index contributed by atoms with van der Waals surface area (Å²) in [6.45, 7) is 5.49. The van der Waals surface area contributed by atoms with Crippen LogP contribution in [0.4, 0.5) is 0 Å². The molecule has 0 heterocycles. The van der Waals surface area contributed by atoms with Crippen LogP contribution in [0.1, 0.15) is 33.6 Å². The van der Waals surface area contributed by atoms with Gasteiger partial charge in [-0.1, -0.05) is 13.8 Å². The Hall–Kier alpha value is -0.700. The molecule has 0 spiro atoms. The van der Waals surface area contributed by atoms with Gasteiger partial charge in [-0.2, -0.15) is 0 Å². The van der Waals surface area contributed by atoms with Gasteiger partial charge in [0.05, 0.1) is 6.10 Å². The second-order valence-electron chi connectivity index (χ2n) is 2.77. The minimum absolute atomic E-state index is 0.250. The molecule has 0 bridgehead atoms. The predicted molar refractivity (Wildman–Crippen MR) is 47.9 cm³/mol. The molecule has 2 atom stereocenters. The lowest BCUT2D eigenvalue weighted by Crippen LogP contribution is -1.97. The van der Waals surface area contributed by atoms with Gasteiger partial charge in [-0.05, 0) is 13.3 Å². The summed E-state index contributed by atoms with van der Waals surface area (Å²) in [5.74, 6) is 0.255. The van der Waals surface area contributed by atoms with Crippen molar-refractivity contribution >= 4 is 12.6 Å². The minimum Gasteiger partial charge on any atom is -0.393 e. The van der Waals surface area contributed by atoms with Crippen LogP contribution in [-0.4, -0.2) is 23.8 Å². The van der Waals surface area contributed by atoms with Crippen molar-refractivity contribution in [1.82, 2.24) is 0 Å². The van der Waals surface area contributed by atoms with Crippen LogP contribution in [-0.2, 0) is 9.59 Å². The zero-order chi connectivity index (χ0) is 9.98. The van der Waals surface area contributed by atoms with Crippen molar-refractivity contribution < 1.29 is 14.7 Å². The molecule has 2 unspecified atom stereocenters. The monoisotopic (exact) mass is 174 g/mol. The molecule has 0 aromatic heterocycles. The van der Waals surface area contributed by atoms with Gasteiger partial charge in [0, 0.05) is 12.3 Å². The Bertz CT molecular complexity index is 110. The molecule has 3 heteroatoms. The van der Waals surface area contributed by atoms with Gasteiger partial charge >= 0.3 is 0 Å². The van der Waals surface area contributed by atoms with E-state index in [0.717, 1.165) is 12.7 Å². The van der Waals surface area contributed by atoms with E-state index in [1.807, 2.05) is 13.8 Å². The van der Waals surface area contributed by atoms with Gasteiger partial charge in [-0.25, -0.2) is 0 Å². The van der Waals surface area contributed by atoms with Crippen molar-refractivity contribution in [1.29, 1.82) is 0 Å². The van der Waals surface area contributed by atoms with Gasteiger partial charge in [0.2, 0.25) is 0 Å². The Morgan fingerprint density at radius 1 is 1.33 bits per heavy atom. The zero-order valence-corrected chi connectivity index (χ0v) is 7.99. The first-order valence-corrected chi connectivity index (χ1v) is 4.15. The van der Waals surface area contributed by atoms with E-state index in [-0.39, 0.29) is 12.3 Å². The molecule has 0 amide bonds. The first-order chi connectivity index (χ1) is 5.58. The third-order valence-electron chi connectivity index (χ3n) is 1.31. The van der Waals surface area contributed by atoms with Crippen molar-refractivity contribution in [2.24, 2.45) is 5.92 Å². The Kier molecular flexibility index (Phi) is 11.9. The van der Waals surface area contributed by atoms with Gasteiger partial charge in [0.15, 0.2) is 0 Å². The predicted octanol–water partition coefficient (Wildman–Crippen LogP) is 1.19. The third-order valence-corrected chi connectivity index (χ3v) is 1.31. The molecule has 0 aliphatic carbocycles. The summed E-state index contributed by atoms with van der Waals surface area (Å²) in [4.78, 5) is 19.2. The minimum atomic E-state index is -0.470. The summed E-state index contributed by atoms with van der Waals surface area (Å²) in [7, 11) is 0. The molecule has 3 nitrogen and oxygen atoms in total. The number of aliphatic hydroxyl groups excluding tert-OH is 1. The highest BCUT2D eigenvalue weighted by Crippen LogP contribution is 1.91. The van der Waals surface area contributed by atoms with E-state index in [9.17, 15) is 9.59 Å². The zero-order valence-electron chi connectivity index (χ0n) is 7.99. The lowest BCUT2D eigenvalue weighted by atomic mass is 10.2. The van der Waals surface area contributed by atoms with E-state index in [4.69, 9.17) is 5.11 Å². The Balaban J connectivity index is 0. The van der Waals surface area contributed by atoms with Crippen molar-refractivity contribution in [2.75, 3.05) is 0 Å². The van der Waals surface area contributed by atoms with Gasteiger partial charge in [-0.15, -0.1) is 0 Å². The fourth-order valence-corrected chi connectivity index (χ4v) is 0.235. The lowest BCUT2D eigenvalue weighted by molar-refractivity contribution is -0.111. The fourth-order valence-electron chi connectivity index (χ4n) is 0.235. The molecule has 0 saturated carbocycles. The van der Waals surface area contributed by atoms with E-state index < -0.39 is 6.10 Å². The molecule has 72 valence electrons. The Labute approximate surface area is 73.8 Å². The summed E-state index contributed by atoms with van der Waals surface area (Å²) < 4.78 is 0. The molecule has 0 aliphatic rings. The maximum Gasteiger partial charge on any atom is 0.122 e. The van der Waals surface area contributed by atoms with Gasteiger partial charge in [0.25, 0.3) is 0 Å². The SMILES string of the molecule is CC(O)CC=O.CCC(C)C=O. The summed E-state index contributed by atoms with van der Waals surface area (Å²) in [5, 5.41) is 8.32. The number of rotatable bonds is 4. The van der Waals surface area contributed by atoms with E-state index in [1.165, 1.54) is 0 Å². The van der Waals surface area contributed by atoms with E-state index in [2.05, 4.69) is 0 Å². The summed E-state index contributed by atoms with van der Waals surface area (Å²) in [5.41, 5.74) is 0.